The maximum absolute atomic E-state index is 13.0. The lowest BCUT2D eigenvalue weighted by atomic mass is 9.87. The lowest BCUT2D eigenvalue weighted by Crippen LogP contribution is -2.17. The highest BCUT2D eigenvalue weighted by molar-refractivity contribution is 5.94. The molecule has 2 rings (SSSR count). The van der Waals surface area contributed by atoms with E-state index in [-0.39, 0.29) is 11.0 Å². The largest absolute Gasteiger partial charge is 0.271 e. The van der Waals surface area contributed by atoms with Gasteiger partial charge in [-0.15, -0.1) is 0 Å². The summed E-state index contributed by atoms with van der Waals surface area (Å²) < 4.78 is 13.0. The average molecular weight is 298 g/mol. The van der Waals surface area contributed by atoms with Gasteiger partial charge in [-0.1, -0.05) is 51.1 Å². The number of hydrazone groups is 1. The summed E-state index contributed by atoms with van der Waals surface area (Å²) in [7, 11) is 0. The van der Waals surface area contributed by atoms with E-state index in [4.69, 9.17) is 0 Å². The Morgan fingerprint density at radius 2 is 1.82 bits per heavy atom. The number of benzene rings is 2. The third-order valence-corrected chi connectivity index (χ3v) is 3.24. The molecule has 0 aliphatic heterocycles. The first kappa shape index (κ1) is 15.9. The van der Waals surface area contributed by atoms with Gasteiger partial charge >= 0.3 is 0 Å². The van der Waals surface area contributed by atoms with Gasteiger partial charge in [-0.2, -0.15) is 5.10 Å². The normalized spacial score (nSPS) is 11.6. The number of halogens is 1. The molecule has 0 aliphatic carbocycles. The highest BCUT2D eigenvalue weighted by atomic mass is 19.1. The topological polar surface area (TPSA) is 41.5 Å². The molecule has 2 aromatic rings. The maximum Gasteiger partial charge on any atom is 0.271 e. The van der Waals surface area contributed by atoms with E-state index in [0.717, 1.165) is 5.56 Å². The Hall–Kier alpha value is -2.49. The van der Waals surface area contributed by atoms with Gasteiger partial charge in [0.15, 0.2) is 0 Å². The molecular weight excluding hydrogens is 279 g/mol. The van der Waals surface area contributed by atoms with Crippen molar-refractivity contribution >= 4 is 12.1 Å². The van der Waals surface area contributed by atoms with Crippen LogP contribution in [0.1, 0.15) is 42.3 Å². The van der Waals surface area contributed by atoms with E-state index in [2.05, 4.69) is 31.3 Å². The van der Waals surface area contributed by atoms with Crippen LogP contribution in [0.5, 0.6) is 0 Å². The molecule has 0 spiro atoms. The standard InChI is InChI=1S/C18H19FN2O/c1-18(2,3)15-9-7-13(8-10-15)12-20-21-17(22)14-5-4-6-16(19)11-14/h4-12H,1-3H3,(H,21,22). The van der Waals surface area contributed by atoms with Crippen molar-refractivity contribution in [3.05, 3.63) is 71.0 Å². The van der Waals surface area contributed by atoms with Crippen LogP contribution in [0.2, 0.25) is 0 Å². The smallest absolute Gasteiger partial charge is 0.267 e. The summed E-state index contributed by atoms with van der Waals surface area (Å²) >= 11 is 0. The molecule has 0 heterocycles. The Balaban J connectivity index is 1.99. The molecule has 2 aromatic carbocycles. The Morgan fingerprint density at radius 3 is 2.41 bits per heavy atom. The lowest BCUT2D eigenvalue weighted by molar-refractivity contribution is 0.0954. The van der Waals surface area contributed by atoms with E-state index in [9.17, 15) is 9.18 Å². The molecule has 0 fully saturated rings. The zero-order valence-corrected chi connectivity index (χ0v) is 12.9. The quantitative estimate of drug-likeness (QED) is 0.678. The van der Waals surface area contributed by atoms with Crippen LogP contribution in [0.4, 0.5) is 4.39 Å². The number of hydrogen-bond acceptors (Lipinski definition) is 2. The molecule has 4 heteroatoms. The third-order valence-electron chi connectivity index (χ3n) is 3.24. The molecule has 1 amide bonds. The Labute approximate surface area is 129 Å². The van der Waals surface area contributed by atoms with Gasteiger partial charge in [-0.3, -0.25) is 4.79 Å². The summed E-state index contributed by atoms with van der Waals surface area (Å²) in [5.74, 6) is -0.892. The van der Waals surface area contributed by atoms with E-state index < -0.39 is 11.7 Å². The molecule has 0 atom stereocenters. The fourth-order valence-corrected chi connectivity index (χ4v) is 1.93. The molecule has 3 nitrogen and oxygen atoms in total. The second kappa shape index (κ2) is 6.52. The fourth-order valence-electron chi connectivity index (χ4n) is 1.93. The highest BCUT2D eigenvalue weighted by Crippen LogP contribution is 2.21. The number of nitrogens with one attached hydrogen (secondary N) is 1. The number of carbonyl (C=O) groups excluding carboxylic acids is 1. The van der Waals surface area contributed by atoms with Crippen LogP contribution in [0.3, 0.4) is 0 Å². The number of rotatable bonds is 3. The van der Waals surface area contributed by atoms with Gasteiger partial charge in [-0.25, -0.2) is 9.82 Å². The SMILES string of the molecule is CC(C)(C)c1ccc(C=NNC(=O)c2cccc(F)c2)cc1. The molecule has 0 aromatic heterocycles. The molecule has 0 radical (unpaired) electrons. The zero-order valence-electron chi connectivity index (χ0n) is 12.9. The summed E-state index contributed by atoms with van der Waals surface area (Å²) in [5.41, 5.74) is 4.83. The Bertz CT molecular complexity index is 685. The Morgan fingerprint density at radius 1 is 1.14 bits per heavy atom. The van der Waals surface area contributed by atoms with Crippen LogP contribution in [-0.2, 0) is 5.41 Å². The van der Waals surface area contributed by atoms with Crippen molar-refractivity contribution in [3.63, 3.8) is 0 Å². The first-order valence-electron chi connectivity index (χ1n) is 7.06. The first-order chi connectivity index (χ1) is 10.4. The van der Waals surface area contributed by atoms with Crippen LogP contribution in [0.25, 0.3) is 0 Å². The van der Waals surface area contributed by atoms with Gasteiger partial charge in [0.25, 0.3) is 5.91 Å². The lowest BCUT2D eigenvalue weighted by Gasteiger charge is -2.18. The molecule has 114 valence electrons. The van der Waals surface area contributed by atoms with Crippen molar-refractivity contribution in [2.75, 3.05) is 0 Å². The van der Waals surface area contributed by atoms with Crippen LogP contribution < -0.4 is 5.43 Å². The zero-order chi connectivity index (χ0) is 16.2. The van der Waals surface area contributed by atoms with E-state index >= 15 is 0 Å². The van der Waals surface area contributed by atoms with Gasteiger partial charge in [0.2, 0.25) is 0 Å². The molecule has 0 saturated heterocycles. The average Bonchev–Trinajstić information content (AvgIpc) is 2.47. The van der Waals surface area contributed by atoms with Gasteiger partial charge in [0.05, 0.1) is 6.21 Å². The number of carbonyl (C=O) groups is 1. The van der Waals surface area contributed by atoms with E-state index in [0.29, 0.717) is 0 Å². The highest BCUT2D eigenvalue weighted by Gasteiger charge is 2.12. The van der Waals surface area contributed by atoms with Crippen molar-refractivity contribution in [1.82, 2.24) is 5.43 Å². The van der Waals surface area contributed by atoms with Gasteiger partial charge in [-0.05, 0) is 34.7 Å². The van der Waals surface area contributed by atoms with Gasteiger partial charge in [0, 0.05) is 5.56 Å². The minimum atomic E-state index is -0.450. The summed E-state index contributed by atoms with van der Waals surface area (Å²) in [4.78, 5) is 11.8. The van der Waals surface area contributed by atoms with E-state index in [1.54, 1.807) is 6.21 Å². The van der Waals surface area contributed by atoms with E-state index in [1.807, 2.05) is 24.3 Å². The van der Waals surface area contributed by atoms with Crippen molar-refractivity contribution < 1.29 is 9.18 Å². The molecule has 22 heavy (non-hydrogen) atoms. The van der Waals surface area contributed by atoms with E-state index in [1.165, 1.54) is 29.8 Å². The van der Waals surface area contributed by atoms with Crippen molar-refractivity contribution in [2.24, 2.45) is 5.10 Å². The van der Waals surface area contributed by atoms with Crippen LogP contribution >= 0.6 is 0 Å². The minimum absolute atomic E-state index is 0.0985. The van der Waals surface area contributed by atoms with Crippen molar-refractivity contribution in [2.45, 2.75) is 26.2 Å². The minimum Gasteiger partial charge on any atom is -0.267 e. The van der Waals surface area contributed by atoms with Crippen LogP contribution in [-0.4, -0.2) is 12.1 Å². The summed E-state index contributed by atoms with van der Waals surface area (Å²) in [6.07, 6.45) is 1.56. The summed E-state index contributed by atoms with van der Waals surface area (Å²) in [5, 5.41) is 3.89. The van der Waals surface area contributed by atoms with Crippen LogP contribution in [0.15, 0.2) is 53.6 Å². The first-order valence-corrected chi connectivity index (χ1v) is 7.06. The number of nitrogens with zero attached hydrogens (tertiary/aromatic N) is 1. The molecule has 0 bridgehead atoms. The van der Waals surface area contributed by atoms with Gasteiger partial charge in [0.1, 0.15) is 5.82 Å². The Kier molecular flexibility index (Phi) is 4.71. The summed E-state index contributed by atoms with van der Waals surface area (Å²) in [6, 6.07) is 13.4. The second-order valence-electron chi connectivity index (χ2n) is 6.08. The fraction of sp³-hybridized carbons (Fsp3) is 0.222. The van der Waals surface area contributed by atoms with Crippen molar-refractivity contribution in [3.8, 4) is 0 Å². The monoisotopic (exact) mass is 298 g/mol. The number of amides is 1. The maximum atomic E-state index is 13.0. The molecule has 1 N–H and O–H groups in total. The number of hydrogen-bond donors (Lipinski definition) is 1. The third kappa shape index (κ3) is 4.25. The molecular formula is C18H19FN2O. The molecule has 0 unspecified atom stereocenters. The predicted octanol–water partition coefficient (Wildman–Crippen LogP) is 3.89. The van der Waals surface area contributed by atoms with Crippen molar-refractivity contribution in [1.29, 1.82) is 0 Å². The van der Waals surface area contributed by atoms with Gasteiger partial charge < -0.3 is 0 Å². The second-order valence-corrected chi connectivity index (χ2v) is 6.08. The predicted molar refractivity (Wildman–Crippen MR) is 86.6 cm³/mol. The van der Waals surface area contributed by atoms with Crippen LogP contribution in [0, 0.1) is 5.82 Å². The molecule has 0 aliphatic rings. The molecule has 0 saturated carbocycles. The summed E-state index contributed by atoms with van der Waals surface area (Å²) in [6.45, 7) is 6.44.